The van der Waals surface area contributed by atoms with E-state index in [4.69, 9.17) is 9.47 Å². The third-order valence-corrected chi connectivity index (χ3v) is 5.51. The second kappa shape index (κ2) is 8.97. The molecular formula is C21H26F3N3O3. The molecule has 164 valence electrons. The van der Waals surface area contributed by atoms with Crippen molar-refractivity contribution < 1.29 is 27.4 Å². The van der Waals surface area contributed by atoms with Gasteiger partial charge in [-0.3, -0.25) is 4.68 Å². The Morgan fingerprint density at radius 3 is 2.50 bits per heavy atom. The summed E-state index contributed by atoms with van der Waals surface area (Å²) in [4.78, 5) is 4.03. The van der Waals surface area contributed by atoms with Crippen molar-refractivity contribution in [2.45, 2.75) is 39.6 Å². The molecule has 1 fully saturated rings. The molecule has 0 unspecified atom stereocenters. The Morgan fingerprint density at radius 2 is 1.90 bits per heavy atom. The fourth-order valence-electron chi connectivity index (χ4n) is 3.94. The summed E-state index contributed by atoms with van der Waals surface area (Å²) < 4.78 is 53.9. The molecule has 0 amide bonds. The van der Waals surface area contributed by atoms with E-state index in [0.717, 1.165) is 12.8 Å². The number of hydrogen-bond donors (Lipinski definition) is 0. The Hall–Kier alpha value is -2.71. The second-order valence-corrected chi connectivity index (χ2v) is 8.05. The molecule has 1 heterocycles. The summed E-state index contributed by atoms with van der Waals surface area (Å²) >= 11 is 0. The van der Waals surface area contributed by atoms with Crippen molar-refractivity contribution in [3.05, 3.63) is 48.8 Å². The molecule has 9 heteroatoms. The van der Waals surface area contributed by atoms with Crippen LogP contribution in [0.1, 0.15) is 26.7 Å². The summed E-state index contributed by atoms with van der Waals surface area (Å²) in [5.41, 5.74) is 1.17. The zero-order valence-electron chi connectivity index (χ0n) is 17.2. The first-order valence-corrected chi connectivity index (χ1v) is 9.72. The van der Waals surface area contributed by atoms with Gasteiger partial charge in [-0.2, -0.15) is 5.10 Å². The molecule has 2 atom stereocenters. The van der Waals surface area contributed by atoms with E-state index in [9.17, 15) is 13.2 Å². The van der Waals surface area contributed by atoms with Gasteiger partial charge in [-0.05, 0) is 48.1 Å². The van der Waals surface area contributed by atoms with Gasteiger partial charge in [0.25, 0.3) is 0 Å². The van der Waals surface area contributed by atoms with Gasteiger partial charge >= 0.3 is 6.36 Å². The van der Waals surface area contributed by atoms with Crippen molar-refractivity contribution in [1.29, 1.82) is 0 Å². The predicted molar refractivity (Wildman–Crippen MR) is 104 cm³/mol. The zero-order valence-corrected chi connectivity index (χ0v) is 17.2. The van der Waals surface area contributed by atoms with Gasteiger partial charge in [0.15, 0.2) is 0 Å². The number of methoxy groups -OCH3 is 1. The maximum atomic E-state index is 12.3. The van der Waals surface area contributed by atoms with Crippen LogP contribution in [0.15, 0.2) is 48.8 Å². The van der Waals surface area contributed by atoms with Gasteiger partial charge in [0.05, 0.1) is 20.0 Å². The van der Waals surface area contributed by atoms with Crippen molar-refractivity contribution in [3.63, 3.8) is 0 Å². The minimum Gasteiger partial charge on any atom is -0.504 e. The standard InChI is InChI=1S/C21H26F3N3O3/c1-20(2)9-8-15(18(19(20)12-28-3)10-27-14-25-13-26-27)11-29-16-4-6-17(7-5-16)30-21(22,23)24/h4-7,12-15,18H,8-11H2,1-3H3/b19-12-/t15-,18-/m0/s1. The summed E-state index contributed by atoms with van der Waals surface area (Å²) in [6, 6.07) is 5.45. The van der Waals surface area contributed by atoms with E-state index in [-0.39, 0.29) is 23.0 Å². The summed E-state index contributed by atoms with van der Waals surface area (Å²) in [7, 11) is 1.64. The lowest BCUT2D eigenvalue weighted by atomic mass is 9.64. The van der Waals surface area contributed by atoms with Gasteiger partial charge in [0.1, 0.15) is 24.2 Å². The lowest BCUT2D eigenvalue weighted by Crippen LogP contribution is -2.38. The lowest BCUT2D eigenvalue weighted by molar-refractivity contribution is -0.274. The largest absolute Gasteiger partial charge is 0.573 e. The van der Waals surface area contributed by atoms with E-state index in [0.29, 0.717) is 18.9 Å². The second-order valence-electron chi connectivity index (χ2n) is 8.05. The minimum absolute atomic E-state index is 0.0195. The highest BCUT2D eigenvalue weighted by atomic mass is 19.4. The average molecular weight is 425 g/mol. The van der Waals surface area contributed by atoms with Gasteiger partial charge in [-0.15, -0.1) is 13.2 Å². The summed E-state index contributed by atoms with van der Waals surface area (Å²) in [5, 5.41) is 4.24. The first kappa shape index (κ1) is 22.0. The van der Waals surface area contributed by atoms with Crippen LogP contribution in [0.25, 0.3) is 0 Å². The first-order chi connectivity index (χ1) is 14.2. The van der Waals surface area contributed by atoms with Crippen LogP contribution in [0.3, 0.4) is 0 Å². The minimum atomic E-state index is -4.71. The van der Waals surface area contributed by atoms with Crippen molar-refractivity contribution in [1.82, 2.24) is 14.8 Å². The van der Waals surface area contributed by atoms with Gasteiger partial charge in [0, 0.05) is 18.4 Å². The van der Waals surface area contributed by atoms with E-state index in [2.05, 4.69) is 28.7 Å². The molecule has 6 nitrogen and oxygen atoms in total. The molecule has 1 aromatic carbocycles. The highest BCUT2D eigenvalue weighted by molar-refractivity contribution is 5.31. The van der Waals surface area contributed by atoms with E-state index >= 15 is 0 Å². The quantitative estimate of drug-likeness (QED) is 0.594. The molecule has 1 aromatic heterocycles. The maximum Gasteiger partial charge on any atom is 0.573 e. The van der Waals surface area contributed by atoms with Crippen molar-refractivity contribution in [2.75, 3.05) is 13.7 Å². The van der Waals surface area contributed by atoms with Gasteiger partial charge in [0.2, 0.25) is 0 Å². The topological polar surface area (TPSA) is 58.4 Å². The molecule has 1 aliphatic carbocycles. The Bertz CT molecular complexity index is 833. The van der Waals surface area contributed by atoms with Crippen LogP contribution >= 0.6 is 0 Å². The number of allylic oxidation sites excluding steroid dienone is 1. The monoisotopic (exact) mass is 425 g/mol. The Morgan fingerprint density at radius 1 is 1.20 bits per heavy atom. The van der Waals surface area contributed by atoms with Crippen LogP contribution in [0.5, 0.6) is 11.5 Å². The molecule has 2 aromatic rings. The van der Waals surface area contributed by atoms with Gasteiger partial charge < -0.3 is 14.2 Å². The Kier molecular flexibility index (Phi) is 6.58. The molecule has 1 saturated carbocycles. The lowest BCUT2D eigenvalue weighted by Gasteiger charge is -2.43. The molecule has 30 heavy (non-hydrogen) atoms. The number of benzene rings is 1. The number of alkyl halides is 3. The highest BCUT2D eigenvalue weighted by Gasteiger charge is 2.40. The number of rotatable bonds is 7. The van der Waals surface area contributed by atoms with Crippen LogP contribution in [0, 0.1) is 17.3 Å². The molecule has 0 spiro atoms. The van der Waals surface area contributed by atoms with Crippen molar-refractivity contribution in [2.24, 2.45) is 17.3 Å². The van der Waals surface area contributed by atoms with Crippen LogP contribution in [-0.2, 0) is 11.3 Å². The van der Waals surface area contributed by atoms with Crippen molar-refractivity contribution >= 4 is 0 Å². The molecule has 0 saturated heterocycles. The summed E-state index contributed by atoms with van der Waals surface area (Å²) in [6.45, 7) is 5.46. The number of halogens is 3. The van der Waals surface area contributed by atoms with E-state index < -0.39 is 6.36 Å². The molecule has 3 rings (SSSR count). The van der Waals surface area contributed by atoms with E-state index in [1.165, 1.54) is 36.2 Å². The molecule has 0 aliphatic heterocycles. The zero-order chi connectivity index (χ0) is 21.8. The van der Waals surface area contributed by atoms with Crippen LogP contribution in [0.4, 0.5) is 13.2 Å². The number of hydrogen-bond acceptors (Lipinski definition) is 5. The molecule has 1 aliphatic rings. The fraction of sp³-hybridized carbons (Fsp3) is 0.524. The number of ether oxygens (including phenoxy) is 3. The summed E-state index contributed by atoms with van der Waals surface area (Å²) in [6.07, 6.45) is 2.21. The molecule has 0 bridgehead atoms. The smallest absolute Gasteiger partial charge is 0.504 e. The van der Waals surface area contributed by atoms with E-state index in [1.54, 1.807) is 18.1 Å². The first-order valence-electron chi connectivity index (χ1n) is 9.72. The molecule has 0 radical (unpaired) electrons. The maximum absolute atomic E-state index is 12.3. The normalized spacial score (nSPS) is 22.7. The summed E-state index contributed by atoms with van der Waals surface area (Å²) in [5.74, 6) is 0.535. The van der Waals surface area contributed by atoms with E-state index in [1.807, 2.05) is 6.26 Å². The number of nitrogens with zero attached hydrogens (tertiary/aromatic N) is 3. The third kappa shape index (κ3) is 5.67. The fourth-order valence-corrected chi connectivity index (χ4v) is 3.94. The van der Waals surface area contributed by atoms with Crippen LogP contribution in [0.2, 0.25) is 0 Å². The SMILES string of the molecule is CO/C=C1/[C@@H](Cn2cncn2)[C@H](COc2ccc(OC(F)(F)F)cc2)CCC1(C)C. The Labute approximate surface area is 173 Å². The third-order valence-electron chi connectivity index (χ3n) is 5.51. The van der Waals surface area contributed by atoms with Gasteiger partial charge in [-0.1, -0.05) is 13.8 Å². The molecular weight excluding hydrogens is 399 g/mol. The van der Waals surface area contributed by atoms with Crippen LogP contribution in [-0.4, -0.2) is 34.8 Å². The number of aromatic nitrogens is 3. The van der Waals surface area contributed by atoms with Crippen LogP contribution < -0.4 is 9.47 Å². The average Bonchev–Trinajstić information content (AvgIpc) is 3.17. The molecule has 0 N–H and O–H groups in total. The highest BCUT2D eigenvalue weighted by Crippen LogP contribution is 2.47. The predicted octanol–water partition coefficient (Wildman–Crippen LogP) is 4.84. The van der Waals surface area contributed by atoms with Gasteiger partial charge in [-0.25, -0.2) is 4.98 Å². The van der Waals surface area contributed by atoms with Crippen molar-refractivity contribution in [3.8, 4) is 11.5 Å². The Balaban J connectivity index is 1.72.